The lowest BCUT2D eigenvalue weighted by molar-refractivity contribution is 1.40. The van der Waals surface area contributed by atoms with Gasteiger partial charge in [0.25, 0.3) is 0 Å². The highest BCUT2D eigenvalue weighted by molar-refractivity contribution is 7.98. The molecule has 0 heterocycles. The predicted octanol–water partition coefficient (Wildman–Crippen LogP) is 3.81. The third-order valence-electron chi connectivity index (χ3n) is 2.15. The Balaban J connectivity index is 0.00000106. The summed E-state index contributed by atoms with van der Waals surface area (Å²) in [5.74, 6) is 0. The van der Waals surface area contributed by atoms with Gasteiger partial charge in [0, 0.05) is 17.6 Å². The highest BCUT2D eigenvalue weighted by Crippen LogP contribution is 2.36. The minimum Gasteiger partial charge on any atom is -0.387 e. The molecule has 16 heavy (non-hydrogen) atoms. The van der Waals surface area contributed by atoms with Gasteiger partial charge in [-0.15, -0.1) is 11.8 Å². The number of thioether (sulfide) groups is 1. The second-order valence-electron chi connectivity index (χ2n) is 3.82. The van der Waals surface area contributed by atoms with Crippen molar-refractivity contribution < 1.29 is 0 Å². The molecule has 1 nitrogen and oxygen atoms in total. The minimum atomic E-state index is -1.13. The second-order valence-corrected chi connectivity index (χ2v) is 8.55. The number of rotatable bonds is 3. The molecular weight excluding hydrogens is 233 g/mol. The van der Waals surface area contributed by atoms with Crippen LogP contribution in [0.4, 0.5) is 5.69 Å². The van der Waals surface area contributed by atoms with Crippen molar-refractivity contribution in [2.45, 2.75) is 18.7 Å². The Hall–Kier alpha value is -0.330. The minimum absolute atomic E-state index is 1.13. The maximum absolute atomic E-state index is 4.25. The molecule has 1 aromatic rings. The lowest BCUT2D eigenvalue weighted by Gasteiger charge is -2.16. The zero-order valence-electron chi connectivity index (χ0n) is 11.3. The Morgan fingerprint density at radius 2 is 1.81 bits per heavy atom. The van der Waals surface area contributed by atoms with Crippen LogP contribution in [0.1, 0.15) is 13.8 Å². The largest absolute Gasteiger partial charge is 0.387 e. The zero-order valence-corrected chi connectivity index (χ0v) is 13.0. The Kier molecular flexibility index (Phi) is 6.94. The van der Waals surface area contributed by atoms with Crippen molar-refractivity contribution in [1.29, 1.82) is 0 Å². The molecule has 0 bridgehead atoms. The van der Waals surface area contributed by atoms with Crippen molar-refractivity contribution in [2.24, 2.45) is 0 Å². The molecule has 0 spiro atoms. The Morgan fingerprint density at radius 1 is 1.25 bits per heavy atom. The van der Waals surface area contributed by atoms with Gasteiger partial charge in [0.05, 0.1) is 0 Å². The number of anilines is 1. The van der Waals surface area contributed by atoms with Gasteiger partial charge in [-0.1, -0.05) is 33.1 Å². The summed E-state index contributed by atoms with van der Waals surface area (Å²) in [5.41, 5.74) is 1.20. The highest BCUT2D eigenvalue weighted by atomic mass is 32.2. The molecule has 0 aromatic heterocycles. The Bertz CT molecular complexity index is 368. The molecule has 92 valence electrons. The van der Waals surface area contributed by atoms with E-state index in [0.717, 1.165) is 0 Å². The first-order valence-corrected chi connectivity index (χ1v) is 9.63. The Morgan fingerprint density at radius 3 is 2.19 bits per heavy atom. The number of nitrogens with one attached hydrogen (secondary N) is 1. The summed E-state index contributed by atoms with van der Waals surface area (Å²) >= 11 is 1.78. The van der Waals surface area contributed by atoms with Crippen LogP contribution >= 0.6 is 18.6 Å². The monoisotopic (exact) mass is 257 g/mol. The summed E-state index contributed by atoms with van der Waals surface area (Å²) < 4.78 is 0. The smallest absolute Gasteiger partial charge is 0.0476 e. The molecule has 0 aliphatic rings. The van der Waals surface area contributed by atoms with Gasteiger partial charge in [-0.3, -0.25) is 0 Å². The molecule has 0 radical (unpaired) electrons. The maximum atomic E-state index is 4.25. The van der Waals surface area contributed by atoms with Crippen molar-refractivity contribution in [3.63, 3.8) is 0 Å². The fourth-order valence-electron chi connectivity index (χ4n) is 1.26. The number of hydrogen-bond acceptors (Lipinski definition) is 2. The Labute approximate surface area is 105 Å². The van der Waals surface area contributed by atoms with Gasteiger partial charge < -0.3 is 5.32 Å². The van der Waals surface area contributed by atoms with E-state index in [1.54, 1.807) is 11.8 Å². The lowest BCUT2D eigenvalue weighted by atomic mass is 10.3. The van der Waals surface area contributed by atoms with Crippen LogP contribution in [0.3, 0.4) is 0 Å². The first-order valence-electron chi connectivity index (χ1n) is 5.53. The van der Waals surface area contributed by atoms with E-state index in [0.29, 0.717) is 0 Å². The molecule has 1 N–H and O–H groups in total. The first kappa shape index (κ1) is 15.7. The molecule has 3 heteroatoms. The number of hydrogen-bond donors (Lipinski definition) is 1. The van der Waals surface area contributed by atoms with Gasteiger partial charge in [-0.05, 0) is 37.0 Å². The van der Waals surface area contributed by atoms with Crippen molar-refractivity contribution in [2.75, 3.05) is 31.9 Å². The summed E-state index contributed by atoms with van der Waals surface area (Å²) in [6, 6.07) is 6.59. The molecule has 0 atom stereocenters. The van der Waals surface area contributed by atoms with Gasteiger partial charge in [-0.25, -0.2) is 0 Å². The molecule has 0 aliphatic heterocycles. The molecule has 0 saturated heterocycles. The fraction of sp³-hybridized carbons (Fsp3) is 0.462. The standard InChI is InChI=1S/C11H18NPS.C2H6/c1-12-10-7-6-9(13(2,3)4)8-11(10)14-5;1-2/h6-8,12H,2H2,1,3-5H3;1-2H3. The summed E-state index contributed by atoms with van der Waals surface area (Å²) in [5, 5.41) is 4.59. The van der Waals surface area contributed by atoms with E-state index in [-0.39, 0.29) is 0 Å². The molecule has 0 amide bonds. The van der Waals surface area contributed by atoms with Crippen LogP contribution in [0.25, 0.3) is 0 Å². The van der Waals surface area contributed by atoms with E-state index in [2.05, 4.69) is 49.4 Å². The van der Waals surface area contributed by atoms with Crippen LogP contribution in [-0.2, 0) is 0 Å². The van der Waals surface area contributed by atoms with Crippen LogP contribution in [0.5, 0.6) is 0 Å². The van der Waals surface area contributed by atoms with Crippen LogP contribution < -0.4 is 10.6 Å². The lowest BCUT2D eigenvalue weighted by Crippen LogP contribution is -2.04. The van der Waals surface area contributed by atoms with Crippen molar-refractivity contribution in [3.05, 3.63) is 18.2 Å². The van der Waals surface area contributed by atoms with Gasteiger partial charge in [0.2, 0.25) is 0 Å². The van der Waals surface area contributed by atoms with Gasteiger partial charge in [-0.2, -0.15) is 0 Å². The van der Waals surface area contributed by atoms with Crippen molar-refractivity contribution >= 4 is 35.9 Å². The topological polar surface area (TPSA) is 12.0 Å². The van der Waals surface area contributed by atoms with E-state index in [9.17, 15) is 0 Å². The average Bonchev–Trinajstić information content (AvgIpc) is 2.29. The van der Waals surface area contributed by atoms with Crippen LogP contribution in [-0.4, -0.2) is 32.9 Å². The van der Waals surface area contributed by atoms with E-state index in [1.807, 2.05) is 20.9 Å². The molecule has 0 aliphatic carbocycles. The third-order valence-corrected chi connectivity index (χ3v) is 4.61. The van der Waals surface area contributed by atoms with Gasteiger partial charge in [0.1, 0.15) is 0 Å². The molecule has 1 rings (SSSR count). The van der Waals surface area contributed by atoms with Crippen molar-refractivity contribution in [1.82, 2.24) is 0 Å². The molecule has 0 fully saturated rings. The zero-order chi connectivity index (χ0) is 12.8. The summed E-state index contributed by atoms with van der Waals surface area (Å²) in [6.07, 6.45) is 6.36. The van der Waals surface area contributed by atoms with E-state index < -0.39 is 6.89 Å². The van der Waals surface area contributed by atoms with E-state index in [4.69, 9.17) is 0 Å². The van der Waals surface area contributed by atoms with E-state index >= 15 is 0 Å². The fourth-order valence-corrected chi connectivity index (χ4v) is 2.94. The van der Waals surface area contributed by atoms with Crippen LogP contribution in [0, 0.1) is 0 Å². The summed E-state index contributed by atoms with van der Waals surface area (Å²) in [6.45, 7) is 7.35. The summed E-state index contributed by atoms with van der Waals surface area (Å²) in [4.78, 5) is 1.31. The molecule has 0 unspecified atom stereocenters. The first-order chi connectivity index (χ1) is 7.49. The third kappa shape index (κ3) is 4.27. The highest BCUT2D eigenvalue weighted by Gasteiger charge is 2.07. The molecule has 1 aromatic carbocycles. The predicted molar refractivity (Wildman–Crippen MR) is 84.6 cm³/mol. The van der Waals surface area contributed by atoms with Gasteiger partial charge in [0.15, 0.2) is 0 Å². The van der Waals surface area contributed by atoms with Crippen molar-refractivity contribution in [3.8, 4) is 0 Å². The average molecular weight is 257 g/mol. The molecular formula is C13H24NPS. The quantitative estimate of drug-likeness (QED) is 0.653. The SMILES string of the molecule is C=P(C)(C)c1ccc(NC)c(SC)c1.CC. The second kappa shape index (κ2) is 7.09. The molecule has 0 saturated carbocycles. The maximum Gasteiger partial charge on any atom is 0.0476 e. The van der Waals surface area contributed by atoms with Gasteiger partial charge >= 0.3 is 0 Å². The number of benzene rings is 1. The van der Waals surface area contributed by atoms with E-state index in [1.165, 1.54) is 15.9 Å². The summed E-state index contributed by atoms with van der Waals surface area (Å²) in [7, 11) is 1.96. The normalized spacial score (nSPS) is 10.4. The van der Waals surface area contributed by atoms with Crippen LogP contribution in [0.15, 0.2) is 23.1 Å². The van der Waals surface area contributed by atoms with Crippen LogP contribution in [0.2, 0.25) is 0 Å².